The van der Waals surface area contributed by atoms with Crippen LogP contribution in [-0.4, -0.2) is 17.7 Å². The van der Waals surface area contributed by atoms with Crippen LogP contribution in [-0.2, 0) is 4.74 Å². The van der Waals surface area contributed by atoms with Crippen molar-refractivity contribution in [1.29, 1.82) is 0 Å². The first-order chi connectivity index (χ1) is 5.26. The minimum absolute atomic E-state index is 0.275. The molecule has 3 atom stereocenters. The number of nitrogens with zero attached hydrogens (tertiary/aromatic N) is 1. The molecule has 60 valence electrons. The molecule has 2 unspecified atom stereocenters. The Morgan fingerprint density at radius 3 is 3.09 bits per heavy atom. The van der Waals surface area contributed by atoms with Crippen molar-refractivity contribution in [2.45, 2.75) is 38.0 Å². The summed E-state index contributed by atoms with van der Waals surface area (Å²) in [6.07, 6.45) is 4.24. The van der Waals surface area contributed by atoms with Gasteiger partial charge in [0.15, 0.2) is 5.72 Å². The van der Waals surface area contributed by atoms with Crippen molar-refractivity contribution >= 4 is 5.87 Å². The molecule has 2 fully saturated rings. The summed E-state index contributed by atoms with van der Waals surface area (Å²) in [6.45, 7) is 5.50. The highest BCUT2D eigenvalue weighted by atomic mass is 16.6. The standard InChI is InChI=1S/C9H13NO/c1-3-10-9(2)7-5-4-6-8(7)11-9/h7-8H,1,4-6H2,2H3/t7?,8?,9-/m0/s1. The molecule has 1 saturated heterocycles. The molecule has 11 heavy (non-hydrogen) atoms. The van der Waals surface area contributed by atoms with Crippen LogP contribution in [0, 0.1) is 5.92 Å². The molecule has 0 aromatic heterocycles. The normalized spacial score (nSPS) is 47.4. The van der Waals surface area contributed by atoms with Crippen LogP contribution in [0.4, 0.5) is 0 Å². The van der Waals surface area contributed by atoms with Gasteiger partial charge >= 0.3 is 0 Å². The van der Waals surface area contributed by atoms with E-state index in [4.69, 9.17) is 4.74 Å². The fourth-order valence-electron chi connectivity index (χ4n) is 2.27. The number of hydrogen-bond acceptors (Lipinski definition) is 2. The minimum Gasteiger partial charge on any atom is -0.349 e. The Labute approximate surface area is 67.0 Å². The summed E-state index contributed by atoms with van der Waals surface area (Å²) in [5.41, 5.74) is -0.275. The summed E-state index contributed by atoms with van der Waals surface area (Å²) in [5, 5.41) is 0. The summed E-state index contributed by atoms with van der Waals surface area (Å²) in [7, 11) is 0. The average Bonchev–Trinajstić information content (AvgIpc) is 2.32. The topological polar surface area (TPSA) is 21.6 Å². The summed E-state index contributed by atoms with van der Waals surface area (Å²) < 4.78 is 5.62. The third-order valence-corrected chi connectivity index (χ3v) is 2.83. The molecule has 0 bridgehead atoms. The van der Waals surface area contributed by atoms with Crippen molar-refractivity contribution in [2.24, 2.45) is 10.9 Å². The van der Waals surface area contributed by atoms with Gasteiger partial charge in [-0.1, -0.05) is 6.42 Å². The molecule has 1 saturated carbocycles. The molecule has 0 aromatic carbocycles. The first-order valence-electron chi connectivity index (χ1n) is 4.18. The van der Waals surface area contributed by atoms with E-state index in [1.165, 1.54) is 19.3 Å². The van der Waals surface area contributed by atoms with Gasteiger partial charge in [-0.15, -0.1) is 0 Å². The monoisotopic (exact) mass is 151 g/mol. The molecule has 2 aliphatic rings. The van der Waals surface area contributed by atoms with Gasteiger partial charge in [-0.05, 0) is 32.2 Å². The molecular weight excluding hydrogens is 138 g/mol. The zero-order chi connectivity index (χ0) is 7.90. The maximum absolute atomic E-state index is 5.62. The fraction of sp³-hybridized carbons (Fsp3) is 0.778. The molecule has 2 heteroatoms. The molecular formula is C9H13NO. The highest BCUT2D eigenvalue weighted by molar-refractivity contribution is 5.47. The van der Waals surface area contributed by atoms with Crippen molar-refractivity contribution in [3.05, 3.63) is 6.58 Å². The molecule has 0 spiro atoms. The van der Waals surface area contributed by atoms with Gasteiger partial charge in [0.1, 0.15) is 0 Å². The van der Waals surface area contributed by atoms with Crippen LogP contribution in [0.15, 0.2) is 11.6 Å². The Morgan fingerprint density at radius 2 is 2.45 bits per heavy atom. The lowest BCUT2D eigenvalue weighted by Gasteiger charge is -2.46. The lowest BCUT2D eigenvalue weighted by molar-refractivity contribution is -0.231. The van der Waals surface area contributed by atoms with Crippen LogP contribution in [0.25, 0.3) is 0 Å². The van der Waals surface area contributed by atoms with Gasteiger partial charge in [-0.25, -0.2) is 4.99 Å². The van der Waals surface area contributed by atoms with Crippen molar-refractivity contribution in [3.8, 4) is 0 Å². The summed E-state index contributed by atoms with van der Waals surface area (Å²) in [6, 6.07) is 0. The third-order valence-electron chi connectivity index (χ3n) is 2.83. The van der Waals surface area contributed by atoms with Crippen LogP contribution in [0.3, 0.4) is 0 Å². The van der Waals surface area contributed by atoms with E-state index < -0.39 is 0 Å². The van der Waals surface area contributed by atoms with Gasteiger partial charge in [0.2, 0.25) is 0 Å². The molecule has 2 nitrogen and oxygen atoms in total. The van der Waals surface area contributed by atoms with E-state index in [9.17, 15) is 0 Å². The SMILES string of the molecule is C=C=N[C@@]1(C)OC2CCCC21. The molecule has 1 aliphatic heterocycles. The third kappa shape index (κ3) is 0.867. The molecule has 1 heterocycles. The zero-order valence-corrected chi connectivity index (χ0v) is 6.84. The molecule has 0 aromatic rings. The second-order valence-electron chi connectivity index (χ2n) is 3.52. The highest BCUT2D eigenvalue weighted by Crippen LogP contribution is 2.49. The van der Waals surface area contributed by atoms with Crippen LogP contribution < -0.4 is 0 Å². The molecule has 1 aliphatic carbocycles. The predicted octanol–water partition coefficient (Wildman–Crippen LogP) is 1.76. The Hall–Kier alpha value is -0.590. The number of aliphatic imine (C=N–C) groups is 1. The van der Waals surface area contributed by atoms with Gasteiger partial charge in [-0.3, -0.25) is 0 Å². The first-order valence-corrected chi connectivity index (χ1v) is 4.18. The highest BCUT2D eigenvalue weighted by Gasteiger charge is 2.54. The Morgan fingerprint density at radius 1 is 1.64 bits per heavy atom. The van der Waals surface area contributed by atoms with E-state index in [2.05, 4.69) is 17.4 Å². The van der Waals surface area contributed by atoms with E-state index in [1.807, 2.05) is 6.92 Å². The van der Waals surface area contributed by atoms with Gasteiger partial charge in [0.25, 0.3) is 0 Å². The maximum atomic E-state index is 5.62. The second kappa shape index (κ2) is 2.20. The lowest BCUT2D eigenvalue weighted by Crippen LogP contribution is -2.54. The van der Waals surface area contributed by atoms with E-state index >= 15 is 0 Å². The summed E-state index contributed by atoms with van der Waals surface area (Å²) in [4.78, 5) is 4.12. The average molecular weight is 151 g/mol. The summed E-state index contributed by atoms with van der Waals surface area (Å²) in [5.74, 6) is 3.21. The Kier molecular flexibility index (Phi) is 1.41. The van der Waals surface area contributed by atoms with Crippen molar-refractivity contribution < 1.29 is 4.74 Å². The van der Waals surface area contributed by atoms with Crippen LogP contribution >= 0.6 is 0 Å². The Bertz CT molecular complexity index is 220. The number of fused-ring (bicyclic) bond motifs is 1. The predicted molar refractivity (Wildman–Crippen MR) is 43.7 cm³/mol. The van der Waals surface area contributed by atoms with E-state index in [-0.39, 0.29) is 5.72 Å². The van der Waals surface area contributed by atoms with Gasteiger partial charge in [0.05, 0.1) is 6.10 Å². The first kappa shape index (κ1) is 7.08. The van der Waals surface area contributed by atoms with E-state index in [0.29, 0.717) is 12.0 Å². The summed E-state index contributed by atoms with van der Waals surface area (Å²) >= 11 is 0. The largest absolute Gasteiger partial charge is 0.349 e. The van der Waals surface area contributed by atoms with Crippen molar-refractivity contribution in [2.75, 3.05) is 0 Å². The van der Waals surface area contributed by atoms with Gasteiger partial charge < -0.3 is 4.74 Å². The smallest absolute Gasteiger partial charge is 0.170 e. The fourth-order valence-corrected chi connectivity index (χ4v) is 2.27. The van der Waals surface area contributed by atoms with Crippen molar-refractivity contribution in [3.63, 3.8) is 0 Å². The molecule has 0 N–H and O–H groups in total. The number of ether oxygens (including phenoxy) is 1. The van der Waals surface area contributed by atoms with Crippen molar-refractivity contribution in [1.82, 2.24) is 0 Å². The number of hydrogen-bond donors (Lipinski definition) is 0. The second-order valence-corrected chi connectivity index (χ2v) is 3.52. The van der Waals surface area contributed by atoms with Gasteiger partial charge in [-0.2, -0.15) is 0 Å². The quantitative estimate of drug-likeness (QED) is 0.523. The molecule has 2 rings (SSSR count). The maximum Gasteiger partial charge on any atom is 0.170 e. The van der Waals surface area contributed by atoms with Crippen LogP contribution in [0.2, 0.25) is 0 Å². The van der Waals surface area contributed by atoms with Crippen LogP contribution in [0.1, 0.15) is 26.2 Å². The minimum atomic E-state index is -0.275. The van der Waals surface area contributed by atoms with E-state index in [0.717, 1.165) is 0 Å². The number of rotatable bonds is 1. The molecule has 0 radical (unpaired) electrons. The van der Waals surface area contributed by atoms with Crippen LogP contribution in [0.5, 0.6) is 0 Å². The zero-order valence-electron chi connectivity index (χ0n) is 6.84. The van der Waals surface area contributed by atoms with E-state index in [1.54, 1.807) is 0 Å². The molecule has 0 amide bonds. The Balaban J connectivity index is 2.13. The lowest BCUT2D eigenvalue weighted by atomic mass is 9.87. The van der Waals surface area contributed by atoms with Gasteiger partial charge in [0, 0.05) is 5.92 Å².